The number of fused-ring (bicyclic) bond motifs is 1. The lowest BCUT2D eigenvalue weighted by molar-refractivity contribution is -0.123. The molecule has 12 heteroatoms. The van der Waals surface area contributed by atoms with Gasteiger partial charge in [-0.3, -0.25) is 19.4 Å². The van der Waals surface area contributed by atoms with Gasteiger partial charge < -0.3 is 20.5 Å². The summed E-state index contributed by atoms with van der Waals surface area (Å²) in [6.07, 6.45) is 3.54. The predicted molar refractivity (Wildman–Crippen MR) is 145 cm³/mol. The Morgan fingerprint density at radius 1 is 1.10 bits per heavy atom. The average molecular weight is 558 g/mol. The van der Waals surface area contributed by atoms with Crippen molar-refractivity contribution in [1.82, 2.24) is 10.3 Å². The number of carbonyl (C=O) groups excluding carboxylic acids is 3. The minimum absolute atomic E-state index is 0.00241. The van der Waals surface area contributed by atoms with Gasteiger partial charge in [0.15, 0.2) is 0 Å². The number of benzene rings is 1. The molecular formula is C27H26F3N5O3S. The van der Waals surface area contributed by atoms with E-state index < -0.39 is 24.5 Å². The van der Waals surface area contributed by atoms with Gasteiger partial charge in [-0.05, 0) is 43.2 Å². The molecule has 3 heterocycles. The fraction of sp³-hybridized carbons (Fsp3) is 0.333. The van der Waals surface area contributed by atoms with Gasteiger partial charge in [0.05, 0.1) is 10.4 Å². The normalized spacial score (nSPS) is 15.5. The summed E-state index contributed by atoms with van der Waals surface area (Å²) in [6.45, 7) is -1.52. The highest BCUT2D eigenvalue weighted by atomic mass is 32.1. The molecule has 1 saturated carbocycles. The van der Waals surface area contributed by atoms with E-state index in [1.54, 1.807) is 54.7 Å². The van der Waals surface area contributed by atoms with Crippen molar-refractivity contribution in [3.63, 3.8) is 0 Å². The fourth-order valence-corrected chi connectivity index (χ4v) is 5.69. The predicted octanol–water partition coefficient (Wildman–Crippen LogP) is 5.74. The van der Waals surface area contributed by atoms with Crippen molar-refractivity contribution in [2.75, 3.05) is 23.8 Å². The summed E-state index contributed by atoms with van der Waals surface area (Å²) in [5, 5.41) is 4.84. The van der Waals surface area contributed by atoms with Gasteiger partial charge in [0, 0.05) is 52.4 Å². The van der Waals surface area contributed by atoms with Crippen molar-refractivity contribution >= 4 is 63.3 Å². The number of aromatic amines is 1. The number of carbonyl (C=O) groups is 3. The lowest BCUT2D eigenvalue weighted by Gasteiger charge is -2.26. The number of nitrogens with one attached hydrogen (secondary N) is 3. The highest BCUT2D eigenvalue weighted by molar-refractivity contribution is 7.15. The molecule has 0 spiro atoms. The molecule has 1 fully saturated rings. The zero-order chi connectivity index (χ0) is 27.7. The summed E-state index contributed by atoms with van der Waals surface area (Å²) >= 11 is 1.22. The molecule has 0 atom stereocenters. The minimum Gasteiger partial charge on any atom is -0.343 e. The number of allylic oxidation sites excluding steroid dienone is 1. The molecule has 3 amide bonds. The van der Waals surface area contributed by atoms with Gasteiger partial charge in [-0.2, -0.15) is 13.2 Å². The molecule has 0 bridgehead atoms. The van der Waals surface area contributed by atoms with Crippen LogP contribution in [0.2, 0.25) is 0 Å². The van der Waals surface area contributed by atoms with Crippen LogP contribution in [0.1, 0.15) is 57.0 Å². The fourth-order valence-electron chi connectivity index (χ4n) is 4.81. The smallest absolute Gasteiger partial charge is 0.343 e. The highest BCUT2D eigenvalue weighted by Gasteiger charge is 2.30. The van der Waals surface area contributed by atoms with Crippen molar-refractivity contribution in [3.8, 4) is 0 Å². The molecule has 0 radical (unpaired) electrons. The van der Waals surface area contributed by atoms with Gasteiger partial charge in [-0.1, -0.05) is 19.3 Å². The van der Waals surface area contributed by atoms with Crippen LogP contribution in [-0.2, 0) is 4.79 Å². The van der Waals surface area contributed by atoms with Crippen LogP contribution in [0.25, 0.3) is 16.5 Å². The Kier molecular flexibility index (Phi) is 7.30. The van der Waals surface area contributed by atoms with E-state index >= 15 is 0 Å². The summed E-state index contributed by atoms with van der Waals surface area (Å²) in [4.78, 5) is 48.6. The van der Waals surface area contributed by atoms with Crippen LogP contribution in [0.4, 0.5) is 24.7 Å². The molecular weight excluding hydrogens is 531 g/mol. The molecule has 1 aliphatic carbocycles. The Balaban J connectivity index is 1.45. The Hall–Kier alpha value is -3.93. The molecule has 5 rings (SSSR count). The molecule has 3 N–H and O–H groups in total. The van der Waals surface area contributed by atoms with Crippen molar-refractivity contribution in [1.29, 1.82) is 0 Å². The number of alkyl halides is 3. The molecule has 3 aromatic rings. The topological polar surface area (TPSA) is 107 Å². The van der Waals surface area contributed by atoms with E-state index in [0.29, 0.717) is 21.5 Å². The quantitative estimate of drug-likeness (QED) is 0.345. The second kappa shape index (κ2) is 10.7. The summed E-state index contributed by atoms with van der Waals surface area (Å²) in [6, 6.07) is 8.25. The Labute approximate surface area is 226 Å². The molecule has 0 saturated heterocycles. The van der Waals surface area contributed by atoms with E-state index in [2.05, 4.69) is 15.3 Å². The third kappa shape index (κ3) is 5.75. The van der Waals surface area contributed by atoms with E-state index in [1.807, 2.05) is 5.32 Å². The van der Waals surface area contributed by atoms with Gasteiger partial charge in [0.25, 0.3) is 11.8 Å². The first kappa shape index (κ1) is 26.7. The van der Waals surface area contributed by atoms with Crippen LogP contribution in [0.15, 0.2) is 41.5 Å². The second-order valence-electron chi connectivity index (χ2n) is 9.62. The number of rotatable bonds is 7. The molecule has 2 aromatic heterocycles. The average Bonchev–Trinajstić information content (AvgIpc) is 3.50. The highest BCUT2D eigenvalue weighted by Crippen LogP contribution is 2.33. The maximum atomic E-state index is 13.0. The first-order chi connectivity index (χ1) is 18.6. The molecule has 39 heavy (non-hydrogen) atoms. The Bertz CT molecular complexity index is 1500. The van der Waals surface area contributed by atoms with Gasteiger partial charge in [-0.15, -0.1) is 11.3 Å². The van der Waals surface area contributed by atoms with Crippen LogP contribution in [0, 0.1) is 5.92 Å². The Morgan fingerprint density at radius 3 is 2.51 bits per heavy atom. The largest absolute Gasteiger partial charge is 0.405 e. The van der Waals surface area contributed by atoms with Gasteiger partial charge in [0.1, 0.15) is 12.4 Å². The van der Waals surface area contributed by atoms with Crippen LogP contribution in [0.3, 0.4) is 0 Å². The van der Waals surface area contributed by atoms with Crippen molar-refractivity contribution in [2.45, 2.75) is 38.3 Å². The monoisotopic (exact) mass is 557 g/mol. The van der Waals surface area contributed by atoms with Gasteiger partial charge in [0.2, 0.25) is 5.91 Å². The molecule has 0 unspecified atom stereocenters. The van der Waals surface area contributed by atoms with Crippen molar-refractivity contribution in [2.24, 2.45) is 10.9 Å². The number of thiophene rings is 1. The third-order valence-electron chi connectivity index (χ3n) is 6.91. The van der Waals surface area contributed by atoms with Crippen LogP contribution in [-0.4, -0.2) is 48.7 Å². The first-order valence-corrected chi connectivity index (χ1v) is 13.4. The molecule has 1 aromatic carbocycles. The van der Waals surface area contributed by atoms with Gasteiger partial charge in [-0.25, -0.2) is 0 Å². The van der Waals surface area contributed by atoms with E-state index in [1.165, 1.54) is 11.3 Å². The number of H-pyrrole nitrogens is 1. The van der Waals surface area contributed by atoms with E-state index in [0.717, 1.165) is 42.6 Å². The number of halogens is 3. The zero-order valence-corrected chi connectivity index (χ0v) is 21.8. The maximum absolute atomic E-state index is 13.0. The Morgan fingerprint density at radius 2 is 1.85 bits per heavy atom. The maximum Gasteiger partial charge on any atom is 0.405 e. The van der Waals surface area contributed by atoms with Crippen molar-refractivity contribution < 1.29 is 27.6 Å². The molecule has 1 aliphatic heterocycles. The number of anilines is 2. The lowest BCUT2D eigenvalue weighted by Crippen LogP contribution is -2.34. The molecule has 8 nitrogen and oxygen atoms in total. The number of hydrogen-bond donors (Lipinski definition) is 3. The minimum atomic E-state index is -4.60. The third-order valence-corrected chi connectivity index (χ3v) is 8.04. The zero-order valence-electron chi connectivity index (χ0n) is 21.0. The summed E-state index contributed by atoms with van der Waals surface area (Å²) in [5.74, 6) is -1.61. The van der Waals surface area contributed by atoms with E-state index in [4.69, 9.17) is 0 Å². The number of nitrogens with zero attached hydrogens (tertiary/aromatic N) is 2. The number of hydrogen-bond acceptors (Lipinski definition) is 5. The SMILES string of the molecule is CN(C(=O)C1CCCCC1)c1ccc2c(C(=O)NCC(F)(F)F)c(NC(=O)c3ccc(C4=CN=C4)s3)[nH]c2c1. The number of aromatic nitrogens is 1. The van der Waals surface area contributed by atoms with Gasteiger partial charge >= 0.3 is 6.18 Å². The first-order valence-electron chi connectivity index (χ1n) is 12.5. The van der Waals surface area contributed by atoms with Crippen LogP contribution >= 0.6 is 11.3 Å². The summed E-state index contributed by atoms with van der Waals surface area (Å²) in [5.41, 5.74) is 1.72. The summed E-state index contributed by atoms with van der Waals surface area (Å²) < 4.78 is 38.5. The van der Waals surface area contributed by atoms with E-state index in [9.17, 15) is 27.6 Å². The standard InChI is InChI=1S/C27H26F3N5O3S/c1-35(26(38)15-5-3-2-4-6-15)17-7-8-18-19(11-17)33-23(22(18)25(37)32-14-27(28,29)30)34-24(36)21-10-9-20(39-21)16-12-31-13-16/h7-13,15,33H,2-6,14H2,1H3,(H,32,37)(H,34,36). The molecule has 204 valence electrons. The molecule has 2 aliphatic rings. The second-order valence-corrected chi connectivity index (χ2v) is 10.7. The lowest BCUT2D eigenvalue weighted by atomic mass is 9.88. The summed E-state index contributed by atoms with van der Waals surface area (Å²) in [7, 11) is 1.68. The van der Waals surface area contributed by atoms with Crippen molar-refractivity contribution in [3.05, 3.63) is 51.8 Å². The van der Waals surface area contributed by atoms with E-state index in [-0.39, 0.29) is 23.2 Å². The van der Waals surface area contributed by atoms with Crippen LogP contribution < -0.4 is 15.5 Å². The van der Waals surface area contributed by atoms with Crippen LogP contribution in [0.5, 0.6) is 0 Å². The number of amides is 3. The number of aliphatic imine (C=N–C) groups is 1.